The number of benzene rings is 1. The lowest BCUT2D eigenvalue weighted by molar-refractivity contribution is -0.388. The molecule has 1 aromatic carbocycles. The van der Waals surface area contributed by atoms with Crippen LogP contribution in [0.3, 0.4) is 0 Å². The van der Waals surface area contributed by atoms with E-state index in [0.29, 0.717) is 4.90 Å². The van der Waals surface area contributed by atoms with Crippen LogP contribution in [-0.4, -0.2) is 22.1 Å². The first-order valence-electron chi connectivity index (χ1n) is 5.27. The zero-order valence-electron chi connectivity index (χ0n) is 9.94. The largest absolute Gasteiger partial charge is 0.507 e. The van der Waals surface area contributed by atoms with Crippen LogP contribution >= 0.6 is 11.8 Å². The number of nitro groups is 1. The number of phenols is 1. The van der Waals surface area contributed by atoms with E-state index in [9.17, 15) is 15.2 Å². The summed E-state index contributed by atoms with van der Waals surface area (Å²) in [5.74, 6) is 0.329. The third kappa shape index (κ3) is 2.94. The van der Waals surface area contributed by atoms with Gasteiger partial charge in [-0.2, -0.15) is 4.98 Å². The van der Waals surface area contributed by atoms with Crippen LogP contribution in [0.15, 0.2) is 46.3 Å². The van der Waals surface area contributed by atoms with E-state index in [4.69, 9.17) is 4.74 Å². The quantitative estimate of drug-likeness (QED) is 0.683. The lowest BCUT2D eigenvalue weighted by atomic mass is 10.3. The highest BCUT2D eigenvalue weighted by atomic mass is 32.2. The fraction of sp³-hybridized carbons (Fsp3) is 0.0833. The Morgan fingerprint density at radius 2 is 2.05 bits per heavy atom. The van der Waals surface area contributed by atoms with Crippen molar-refractivity contribution in [2.45, 2.75) is 9.92 Å². The monoisotopic (exact) mass is 278 g/mol. The van der Waals surface area contributed by atoms with Crippen molar-refractivity contribution in [1.82, 2.24) is 4.98 Å². The summed E-state index contributed by atoms with van der Waals surface area (Å²) in [5, 5.41) is 20.8. The van der Waals surface area contributed by atoms with Crippen LogP contribution in [0.1, 0.15) is 0 Å². The van der Waals surface area contributed by atoms with E-state index in [1.54, 1.807) is 18.2 Å². The molecule has 0 bridgehead atoms. The Balaban J connectivity index is 2.43. The lowest BCUT2D eigenvalue weighted by Crippen LogP contribution is -1.96. The minimum atomic E-state index is -0.519. The number of aromatic nitrogens is 1. The van der Waals surface area contributed by atoms with E-state index in [-0.39, 0.29) is 22.3 Å². The van der Waals surface area contributed by atoms with Crippen molar-refractivity contribution < 1.29 is 14.8 Å². The van der Waals surface area contributed by atoms with Crippen molar-refractivity contribution >= 4 is 17.4 Å². The highest BCUT2D eigenvalue weighted by Gasteiger charge is 2.18. The molecule has 2 aromatic rings. The number of rotatable bonds is 4. The minimum Gasteiger partial charge on any atom is -0.507 e. The van der Waals surface area contributed by atoms with Crippen molar-refractivity contribution in [2.75, 3.05) is 7.11 Å². The number of hydrogen-bond donors (Lipinski definition) is 1. The van der Waals surface area contributed by atoms with Gasteiger partial charge in [-0.3, -0.25) is 10.1 Å². The minimum absolute atomic E-state index is 0.0476. The van der Waals surface area contributed by atoms with Crippen LogP contribution in [-0.2, 0) is 0 Å². The summed E-state index contributed by atoms with van der Waals surface area (Å²) >= 11 is 1.02. The van der Waals surface area contributed by atoms with Crippen molar-refractivity contribution in [3.63, 3.8) is 0 Å². The highest BCUT2D eigenvalue weighted by molar-refractivity contribution is 7.99. The van der Waals surface area contributed by atoms with Gasteiger partial charge in [-0.1, -0.05) is 23.9 Å². The molecule has 2 rings (SSSR count). The summed E-state index contributed by atoms with van der Waals surface area (Å²) in [6, 6.07) is 9.32. The first-order valence-corrected chi connectivity index (χ1v) is 6.08. The molecule has 0 spiro atoms. The molecule has 6 nitrogen and oxygen atoms in total. The average Bonchev–Trinajstić information content (AvgIpc) is 2.41. The second kappa shape index (κ2) is 5.57. The molecule has 0 aliphatic heterocycles. The van der Waals surface area contributed by atoms with Crippen molar-refractivity contribution in [3.8, 4) is 11.6 Å². The number of aromatic hydroxyl groups is 1. The number of phenolic OH excluding ortho intramolecular Hbond substituents is 1. The third-order valence-electron chi connectivity index (χ3n) is 2.29. The smallest absolute Gasteiger partial charge is 0.302 e. The molecular weight excluding hydrogens is 268 g/mol. The summed E-state index contributed by atoms with van der Waals surface area (Å²) < 4.78 is 4.95. The number of methoxy groups -OCH3 is 1. The van der Waals surface area contributed by atoms with Gasteiger partial charge in [-0.05, 0) is 12.1 Å². The fourth-order valence-corrected chi connectivity index (χ4v) is 2.30. The Morgan fingerprint density at radius 1 is 1.32 bits per heavy atom. The zero-order chi connectivity index (χ0) is 13.8. The number of hydrogen-bond acceptors (Lipinski definition) is 6. The summed E-state index contributed by atoms with van der Waals surface area (Å²) in [7, 11) is 1.43. The Kier molecular flexibility index (Phi) is 3.86. The molecule has 1 N–H and O–H groups in total. The van der Waals surface area contributed by atoms with Gasteiger partial charge in [0, 0.05) is 12.1 Å². The molecular formula is C12H10N2O4S. The molecule has 0 atom stereocenters. The van der Waals surface area contributed by atoms with E-state index in [0.717, 1.165) is 11.8 Å². The molecule has 7 heteroatoms. The van der Waals surface area contributed by atoms with Crippen molar-refractivity contribution in [1.29, 1.82) is 0 Å². The first-order chi connectivity index (χ1) is 9.11. The van der Waals surface area contributed by atoms with Gasteiger partial charge in [-0.15, -0.1) is 0 Å². The van der Waals surface area contributed by atoms with Crippen molar-refractivity contribution in [2.24, 2.45) is 0 Å². The van der Waals surface area contributed by atoms with Crippen LogP contribution in [0.25, 0.3) is 0 Å². The molecule has 1 heterocycles. The van der Waals surface area contributed by atoms with Crippen LogP contribution in [0, 0.1) is 10.1 Å². The summed E-state index contributed by atoms with van der Waals surface area (Å²) in [5.41, 5.74) is -0.131. The normalized spacial score (nSPS) is 10.2. The molecule has 98 valence electrons. The summed E-state index contributed by atoms with van der Waals surface area (Å²) in [4.78, 5) is 15.0. The van der Waals surface area contributed by atoms with Gasteiger partial charge < -0.3 is 9.84 Å². The molecule has 0 aliphatic rings. The SMILES string of the molecule is COc1ccc([N+](=O)[O-])c(Sc2ccccc2O)n1. The Hall–Kier alpha value is -2.28. The Morgan fingerprint density at radius 3 is 2.68 bits per heavy atom. The number of pyridine rings is 1. The molecule has 0 saturated heterocycles. The highest BCUT2D eigenvalue weighted by Crippen LogP contribution is 2.38. The van der Waals surface area contributed by atoms with Gasteiger partial charge in [0.2, 0.25) is 5.88 Å². The predicted molar refractivity (Wildman–Crippen MR) is 69.7 cm³/mol. The van der Waals surface area contributed by atoms with Gasteiger partial charge in [0.15, 0.2) is 5.03 Å². The Labute approximate surface area is 113 Å². The van der Waals surface area contributed by atoms with E-state index in [1.165, 1.54) is 25.3 Å². The van der Waals surface area contributed by atoms with Gasteiger partial charge >= 0.3 is 5.69 Å². The maximum atomic E-state index is 10.9. The van der Waals surface area contributed by atoms with Crippen LogP contribution in [0.2, 0.25) is 0 Å². The summed E-state index contributed by atoms with van der Waals surface area (Å²) in [6.07, 6.45) is 0. The number of nitrogens with zero attached hydrogens (tertiary/aromatic N) is 2. The van der Waals surface area contributed by atoms with Gasteiger partial charge in [0.25, 0.3) is 0 Å². The third-order valence-corrected chi connectivity index (χ3v) is 3.35. The van der Waals surface area contributed by atoms with Crippen LogP contribution < -0.4 is 4.74 Å². The summed E-state index contributed by atoms with van der Waals surface area (Å²) in [6.45, 7) is 0. The van der Waals surface area contributed by atoms with E-state index in [2.05, 4.69) is 4.98 Å². The fourth-order valence-electron chi connectivity index (χ4n) is 1.39. The van der Waals surface area contributed by atoms with E-state index < -0.39 is 4.92 Å². The van der Waals surface area contributed by atoms with E-state index in [1.807, 2.05) is 0 Å². The molecule has 0 amide bonds. The lowest BCUT2D eigenvalue weighted by Gasteiger charge is -2.05. The van der Waals surface area contributed by atoms with Gasteiger partial charge in [0.05, 0.1) is 16.9 Å². The molecule has 1 aromatic heterocycles. The molecule has 0 unspecified atom stereocenters. The molecule has 0 fully saturated rings. The predicted octanol–water partition coefficient (Wildman–Crippen LogP) is 2.86. The number of ether oxygens (including phenoxy) is 1. The standard InChI is InChI=1S/C12H10N2O4S/c1-18-11-7-6-8(14(16)17)12(13-11)19-10-5-3-2-4-9(10)15/h2-7,15H,1H3. The van der Waals surface area contributed by atoms with Crippen LogP contribution in [0.5, 0.6) is 11.6 Å². The molecule has 19 heavy (non-hydrogen) atoms. The molecule has 0 radical (unpaired) electrons. The molecule has 0 aliphatic carbocycles. The average molecular weight is 278 g/mol. The zero-order valence-corrected chi connectivity index (χ0v) is 10.8. The van der Waals surface area contributed by atoms with Crippen LogP contribution in [0.4, 0.5) is 5.69 Å². The Bertz CT molecular complexity index is 618. The van der Waals surface area contributed by atoms with E-state index >= 15 is 0 Å². The maximum absolute atomic E-state index is 10.9. The topological polar surface area (TPSA) is 85.5 Å². The first kappa shape index (κ1) is 13.2. The molecule has 0 saturated carbocycles. The second-order valence-corrected chi connectivity index (χ2v) is 4.54. The maximum Gasteiger partial charge on any atom is 0.302 e. The second-order valence-electron chi connectivity index (χ2n) is 3.50. The van der Waals surface area contributed by atoms with Crippen molar-refractivity contribution in [3.05, 3.63) is 46.5 Å². The van der Waals surface area contributed by atoms with Gasteiger partial charge in [0.1, 0.15) is 5.75 Å². The number of para-hydroxylation sites is 1. The van der Waals surface area contributed by atoms with Gasteiger partial charge in [-0.25, -0.2) is 0 Å².